The van der Waals surface area contributed by atoms with E-state index in [-0.39, 0.29) is 30.7 Å². The van der Waals surface area contributed by atoms with Crippen molar-refractivity contribution in [2.75, 3.05) is 32.4 Å². The van der Waals surface area contributed by atoms with Crippen LogP contribution in [0.4, 0.5) is 0 Å². The smallest absolute Gasteiger partial charge is 0.241 e. The van der Waals surface area contributed by atoms with E-state index < -0.39 is 14.6 Å². The molecule has 1 aromatic rings. The van der Waals surface area contributed by atoms with Gasteiger partial charge in [-0.15, -0.1) is 24.8 Å². The Kier molecular flexibility index (Phi) is 11.6. The first-order valence-electron chi connectivity index (χ1n) is 9.31. The van der Waals surface area contributed by atoms with Gasteiger partial charge in [0.15, 0.2) is 14.6 Å². The lowest BCUT2D eigenvalue weighted by Crippen LogP contribution is -2.57. The van der Waals surface area contributed by atoms with Crippen LogP contribution in [0, 0.1) is 0 Å². The van der Waals surface area contributed by atoms with Gasteiger partial charge in [0.05, 0.1) is 0 Å². The molecule has 0 radical (unpaired) electrons. The molecule has 2 rings (SSSR count). The minimum absolute atomic E-state index is 0. The maximum absolute atomic E-state index is 12.8. The summed E-state index contributed by atoms with van der Waals surface area (Å²) in [6.45, 7) is 8.54. The van der Waals surface area contributed by atoms with E-state index in [0.29, 0.717) is 32.5 Å². The van der Waals surface area contributed by atoms with Gasteiger partial charge in [0, 0.05) is 19.3 Å². The number of hydrogen-bond donors (Lipinski definition) is 2. The van der Waals surface area contributed by atoms with Crippen LogP contribution in [-0.2, 0) is 27.7 Å². The number of amides is 1. The topological polar surface area (TPSA) is 78.5 Å². The minimum Gasteiger partial charge on any atom is -0.351 e. The number of carbonyl (C=O) groups excluding carboxylic acids is 1. The Hall–Kier alpha value is -0.860. The van der Waals surface area contributed by atoms with Gasteiger partial charge >= 0.3 is 0 Å². The molecular formula is C19H33Cl2N3O3S. The summed E-state index contributed by atoms with van der Waals surface area (Å²) in [6.07, 6.45) is 1.81. The van der Waals surface area contributed by atoms with Crippen molar-refractivity contribution < 1.29 is 13.2 Å². The summed E-state index contributed by atoms with van der Waals surface area (Å²) in [7, 11) is -3.48. The summed E-state index contributed by atoms with van der Waals surface area (Å²) in [5, 5.41) is 5.99. The molecule has 1 fully saturated rings. The van der Waals surface area contributed by atoms with Crippen LogP contribution in [0.3, 0.4) is 0 Å². The lowest BCUT2D eigenvalue weighted by molar-refractivity contribution is -0.124. The Morgan fingerprint density at radius 1 is 1.14 bits per heavy atom. The summed E-state index contributed by atoms with van der Waals surface area (Å²) in [6, 6.07) is 8.10. The predicted molar refractivity (Wildman–Crippen MR) is 119 cm³/mol. The number of piperidine rings is 1. The number of nitrogens with zero attached hydrogens (tertiary/aromatic N) is 1. The zero-order valence-electron chi connectivity index (χ0n) is 16.9. The first kappa shape index (κ1) is 27.1. The fourth-order valence-electron chi connectivity index (χ4n) is 3.48. The van der Waals surface area contributed by atoms with E-state index in [1.165, 1.54) is 11.8 Å². The molecule has 0 atom stereocenters. The summed E-state index contributed by atoms with van der Waals surface area (Å²) >= 11 is 0. The van der Waals surface area contributed by atoms with Crippen LogP contribution in [0.15, 0.2) is 24.3 Å². The molecule has 1 aromatic carbocycles. The molecule has 0 bridgehead atoms. The van der Waals surface area contributed by atoms with E-state index in [1.807, 2.05) is 12.1 Å². The fourth-order valence-corrected chi connectivity index (χ4v) is 4.84. The highest BCUT2D eigenvalue weighted by atomic mass is 35.5. The van der Waals surface area contributed by atoms with Crippen molar-refractivity contribution >= 4 is 40.6 Å². The van der Waals surface area contributed by atoms with Crippen LogP contribution in [0.1, 0.15) is 37.8 Å². The maximum atomic E-state index is 12.8. The van der Waals surface area contributed by atoms with Crippen LogP contribution >= 0.6 is 24.8 Å². The quantitative estimate of drug-likeness (QED) is 0.630. The molecular weight excluding hydrogens is 421 g/mol. The summed E-state index contributed by atoms with van der Waals surface area (Å²) < 4.78 is 23.3. The Morgan fingerprint density at radius 3 is 2.25 bits per heavy atom. The minimum atomic E-state index is -3.48. The monoisotopic (exact) mass is 453 g/mol. The third kappa shape index (κ3) is 6.59. The zero-order valence-corrected chi connectivity index (χ0v) is 19.3. The molecule has 6 nitrogen and oxygen atoms in total. The van der Waals surface area contributed by atoms with Crippen LogP contribution in [0.5, 0.6) is 0 Å². The Bertz CT molecular complexity index is 719. The van der Waals surface area contributed by atoms with Crippen molar-refractivity contribution in [1.82, 2.24) is 15.5 Å². The molecule has 0 unspecified atom stereocenters. The van der Waals surface area contributed by atoms with E-state index >= 15 is 0 Å². The highest BCUT2D eigenvalue weighted by molar-refractivity contribution is 7.92. The molecule has 9 heteroatoms. The van der Waals surface area contributed by atoms with Gasteiger partial charge in [0.25, 0.3) is 0 Å². The molecule has 2 N–H and O–H groups in total. The molecule has 28 heavy (non-hydrogen) atoms. The lowest BCUT2D eigenvalue weighted by atomic mass is 9.95. The standard InChI is InChI=1S/C19H31N3O3S.2ClH/c1-4-22(5-2)15-17-8-6-7-16(13-17)14-21-18(23)19(26(3,24)25)9-11-20-12-10-19;;/h6-8,13,20H,4-5,9-12,14-15H2,1-3H3,(H,21,23);2*1H. The second-order valence-electron chi connectivity index (χ2n) is 6.98. The number of sulfone groups is 1. The number of halogens is 2. The SMILES string of the molecule is CCN(CC)Cc1cccc(CNC(=O)C2(S(C)(=O)=O)CCNCC2)c1.Cl.Cl. The molecule has 0 spiro atoms. The van der Waals surface area contributed by atoms with Gasteiger partial charge in [-0.2, -0.15) is 0 Å². The summed E-state index contributed by atoms with van der Waals surface area (Å²) in [4.78, 5) is 15.1. The van der Waals surface area contributed by atoms with Gasteiger partial charge in [0.2, 0.25) is 5.91 Å². The molecule has 0 aromatic heterocycles. The molecule has 0 aliphatic carbocycles. The van der Waals surface area contributed by atoms with E-state index in [0.717, 1.165) is 25.2 Å². The van der Waals surface area contributed by atoms with Crippen LogP contribution in [-0.4, -0.2) is 56.4 Å². The molecule has 162 valence electrons. The van der Waals surface area contributed by atoms with Crippen LogP contribution < -0.4 is 10.6 Å². The lowest BCUT2D eigenvalue weighted by Gasteiger charge is -2.34. The van der Waals surface area contributed by atoms with Crippen LogP contribution in [0.2, 0.25) is 0 Å². The second-order valence-corrected chi connectivity index (χ2v) is 9.31. The summed E-state index contributed by atoms with van der Waals surface area (Å²) in [5.74, 6) is -0.379. The van der Waals surface area contributed by atoms with Crippen molar-refractivity contribution in [3.63, 3.8) is 0 Å². The first-order valence-corrected chi connectivity index (χ1v) is 11.2. The number of benzene rings is 1. The van der Waals surface area contributed by atoms with Gasteiger partial charge in [-0.3, -0.25) is 9.69 Å². The van der Waals surface area contributed by atoms with Gasteiger partial charge in [-0.25, -0.2) is 8.42 Å². The molecule has 1 amide bonds. The number of rotatable bonds is 8. The fraction of sp³-hybridized carbons (Fsp3) is 0.632. The molecule has 1 aliphatic heterocycles. The number of hydrogen-bond acceptors (Lipinski definition) is 5. The van der Waals surface area contributed by atoms with Crippen molar-refractivity contribution in [3.8, 4) is 0 Å². The highest BCUT2D eigenvalue weighted by Crippen LogP contribution is 2.28. The van der Waals surface area contributed by atoms with Gasteiger partial charge < -0.3 is 10.6 Å². The Morgan fingerprint density at radius 2 is 1.71 bits per heavy atom. The molecule has 1 heterocycles. The van der Waals surface area contributed by atoms with Crippen molar-refractivity contribution in [1.29, 1.82) is 0 Å². The maximum Gasteiger partial charge on any atom is 0.241 e. The predicted octanol–water partition coefficient (Wildman–Crippen LogP) is 2.16. The Balaban J connectivity index is 0.00000364. The van der Waals surface area contributed by atoms with Crippen molar-refractivity contribution in [2.24, 2.45) is 0 Å². The zero-order chi connectivity index (χ0) is 19.2. The van der Waals surface area contributed by atoms with Gasteiger partial charge in [0.1, 0.15) is 0 Å². The van der Waals surface area contributed by atoms with Gasteiger partial charge in [-0.1, -0.05) is 38.1 Å². The largest absolute Gasteiger partial charge is 0.351 e. The average Bonchev–Trinajstić information content (AvgIpc) is 2.64. The average molecular weight is 454 g/mol. The van der Waals surface area contributed by atoms with Crippen molar-refractivity contribution in [3.05, 3.63) is 35.4 Å². The third-order valence-electron chi connectivity index (χ3n) is 5.28. The molecule has 1 aliphatic rings. The number of carbonyl (C=O) groups is 1. The Labute approximate surface area is 181 Å². The number of nitrogens with one attached hydrogen (secondary N) is 2. The van der Waals surface area contributed by atoms with Crippen LogP contribution in [0.25, 0.3) is 0 Å². The highest BCUT2D eigenvalue weighted by Gasteiger charge is 2.48. The molecule has 0 saturated carbocycles. The van der Waals surface area contributed by atoms with Crippen molar-refractivity contribution in [2.45, 2.75) is 44.5 Å². The molecule has 1 saturated heterocycles. The third-order valence-corrected chi connectivity index (χ3v) is 7.29. The van der Waals surface area contributed by atoms with Gasteiger partial charge in [-0.05, 0) is 50.1 Å². The van der Waals surface area contributed by atoms with E-state index in [4.69, 9.17) is 0 Å². The normalized spacial score (nSPS) is 16.0. The first-order chi connectivity index (χ1) is 12.3. The second kappa shape index (κ2) is 12.0. The van der Waals surface area contributed by atoms with E-state index in [1.54, 1.807) is 0 Å². The van der Waals surface area contributed by atoms with E-state index in [2.05, 4.69) is 41.5 Å². The summed E-state index contributed by atoms with van der Waals surface area (Å²) in [5.41, 5.74) is 2.18. The van der Waals surface area contributed by atoms with E-state index in [9.17, 15) is 13.2 Å².